The zero-order chi connectivity index (χ0) is 16.6. The SMILES string of the molecule is Cc1cc([C@@H](C#N)C(=O)[C@H]2CC(=O)N(CC3CC3)C2)nc(C)n1. The van der Waals surface area contributed by atoms with Crippen molar-refractivity contribution in [2.24, 2.45) is 11.8 Å². The Kier molecular flexibility index (Phi) is 4.12. The molecule has 1 aliphatic heterocycles. The van der Waals surface area contributed by atoms with Gasteiger partial charge in [-0.3, -0.25) is 9.59 Å². The smallest absolute Gasteiger partial charge is 0.223 e. The number of likely N-dealkylation sites (tertiary alicyclic amines) is 1. The third-order valence-electron chi connectivity index (χ3n) is 4.49. The number of hydrogen-bond donors (Lipinski definition) is 0. The zero-order valence-electron chi connectivity index (χ0n) is 13.5. The van der Waals surface area contributed by atoms with E-state index in [1.807, 2.05) is 6.92 Å². The van der Waals surface area contributed by atoms with E-state index in [2.05, 4.69) is 16.0 Å². The summed E-state index contributed by atoms with van der Waals surface area (Å²) in [6.07, 6.45) is 2.55. The summed E-state index contributed by atoms with van der Waals surface area (Å²) >= 11 is 0. The van der Waals surface area contributed by atoms with Gasteiger partial charge in [-0.15, -0.1) is 0 Å². The molecule has 0 bridgehead atoms. The van der Waals surface area contributed by atoms with Crippen LogP contribution in [0.25, 0.3) is 0 Å². The van der Waals surface area contributed by atoms with E-state index in [9.17, 15) is 14.9 Å². The molecule has 2 aliphatic rings. The molecule has 1 saturated heterocycles. The fourth-order valence-electron chi connectivity index (χ4n) is 3.16. The monoisotopic (exact) mass is 312 g/mol. The van der Waals surface area contributed by atoms with Gasteiger partial charge < -0.3 is 4.90 Å². The van der Waals surface area contributed by atoms with Crippen LogP contribution in [0.15, 0.2) is 6.07 Å². The van der Waals surface area contributed by atoms with Crippen molar-refractivity contribution in [3.05, 3.63) is 23.3 Å². The molecule has 2 heterocycles. The van der Waals surface area contributed by atoms with Crippen molar-refractivity contribution in [3.63, 3.8) is 0 Å². The molecule has 6 heteroatoms. The van der Waals surface area contributed by atoms with E-state index in [0.717, 1.165) is 12.2 Å². The Bertz CT molecular complexity index is 670. The lowest BCUT2D eigenvalue weighted by Gasteiger charge is -2.17. The lowest BCUT2D eigenvalue weighted by atomic mass is 9.90. The first-order valence-corrected chi connectivity index (χ1v) is 8.01. The van der Waals surface area contributed by atoms with E-state index in [-0.39, 0.29) is 18.1 Å². The summed E-state index contributed by atoms with van der Waals surface area (Å²) in [6.45, 7) is 4.75. The van der Waals surface area contributed by atoms with Crippen LogP contribution in [0.1, 0.15) is 42.4 Å². The molecule has 1 aromatic rings. The van der Waals surface area contributed by atoms with Gasteiger partial charge in [-0.2, -0.15) is 5.26 Å². The van der Waals surface area contributed by atoms with Gasteiger partial charge in [-0.05, 0) is 38.7 Å². The topological polar surface area (TPSA) is 87.0 Å². The van der Waals surface area contributed by atoms with Crippen molar-refractivity contribution < 1.29 is 9.59 Å². The number of nitrogens with zero attached hydrogens (tertiary/aromatic N) is 4. The van der Waals surface area contributed by atoms with E-state index in [0.29, 0.717) is 24.0 Å². The van der Waals surface area contributed by atoms with E-state index in [4.69, 9.17) is 0 Å². The van der Waals surface area contributed by atoms with Gasteiger partial charge in [0.25, 0.3) is 0 Å². The summed E-state index contributed by atoms with van der Waals surface area (Å²) in [5.41, 5.74) is 1.18. The molecular weight excluding hydrogens is 292 g/mol. The summed E-state index contributed by atoms with van der Waals surface area (Å²) in [5, 5.41) is 9.45. The minimum Gasteiger partial charge on any atom is -0.342 e. The van der Waals surface area contributed by atoms with Crippen molar-refractivity contribution >= 4 is 11.7 Å². The fraction of sp³-hybridized carbons (Fsp3) is 0.588. The van der Waals surface area contributed by atoms with Crippen molar-refractivity contribution in [1.29, 1.82) is 5.26 Å². The highest BCUT2D eigenvalue weighted by molar-refractivity contribution is 5.95. The minimum atomic E-state index is -0.922. The normalized spacial score (nSPS) is 22.0. The highest BCUT2D eigenvalue weighted by atomic mass is 16.2. The summed E-state index contributed by atoms with van der Waals surface area (Å²) < 4.78 is 0. The van der Waals surface area contributed by atoms with Crippen LogP contribution >= 0.6 is 0 Å². The predicted octanol–water partition coefficient (Wildman–Crippen LogP) is 1.53. The van der Waals surface area contributed by atoms with Gasteiger partial charge in [0.1, 0.15) is 11.7 Å². The van der Waals surface area contributed by atoms with Crippen molar-refractivity contribution in [3.8, 4) is 6.07 Å². The Morgan fingerprint density at radius 2 is 2.17 bits per heavy atom. The van der Waals surface area contributed by atoms with Crippen LogP contribution in [-0.4, -0.2) is 39.6 Å². The molecule has 0 unspecified atom stereocenters. The molecule has 1 saturated carbocycles. The van der Waals surface area contributed by atoms with Crippen LogP contribution in [0.4, 0.5) is 0 Å². The molecular formula is C17H20N4O2. The van der Waals surface area contributed by atoms with Crippen LogP contribution in [0, 0.1) is 37.0 Å². The molecule has 0 N–H and O–H groups in total. The molecule has 0 spiro atoms. The zero-order valence-corrected chi connectivity index (χ0v) is 13.5. The van der Waals surface area contributed by atoms with Gasteiger partial charge in [0.15, 0.2) is 5.78 Å². The van der Waals surface area contributed by atoms with Crippen LogP contribution in [0.2, 0.25) is 0 Å². The maximum atomic E-state index is 12.7. The first-order chi connectivity index (χ1) is 11.0. The van der Waals surface area contributed by atoms with Gasteiger partial charge in [0.05, 0.1) is 11.8 Å². The third-order valence-corrected chi connectivity index (χ3v) is 4.49. The standard InChI is InChI=1S/C17H20N4O2/c1-10-5-15(20-11(2)19-10)14(7-18)17(23)13-6-16(22)21(9-13)8-12-3-4-12/h5,12-14H,3-4,6,8-9H2,1-2H3/t13-,14+/m0/s1. The minimum absolute atomic E-state index is 0.0296. The number of hydrogen-bond acceptors (Lipinski definition) is 5. The van der Waals surface area contributed by atoms with Gasteiger partial charge in [-0.25, -0.2) is 9.97 Å². The quantitative estimate of drug-likeness (QED) is 0.823. The van der Waals surface area contributed by atoms with Gasteiger partial charge in [0.2, 0.25) is 5.91 Å². The summed E-state index contributed by atoms with van der Waals surface area (Å²) in [6, 6.07) is 3.74. The van der Waals surface area contributed by atoms with E-state index in [1.54, 1.807) is 17.9 Å². The second kappa shape index (κ2) is 6.07. The summed E-state index contributed by atoms with van der Waals surface area (Å²) in [5.74, 6) is -0.341. The molecule has 120 valence electrons. The number of carbonyl (C=O) groups is 2. The first kappa shape index (κ1) is 15.6. The number of rotatable bonds is 5. The predicted molar refractivity (Wildman–Crippen MR) is 82.3 cm³/mol. The third kappa shape index (κ3) is 3.39. The Labute approximate surface area is 135 Å². The highest BCUT2D eigenvalue weighted by Gasteiger charge is 2.40. The number of aryl methyl sites for hydroxylation is 2. The van der Waals surface area contributed by atoms with Crippen LogP contribution < -0.4 is 0 Å². The molecule has 3 rings (SSSR count). The Balaban J connectivity index is 1.75. The second-order valence-corrected chi connectivity index (χ2v) is 6.59. The Hall–Kier alpha value is -2.29. The molecule has 23 heavy (non-hydrogen) atoms. The molecule has 2 fully saturated rings. The van der Waals surface area contributed by atoms with Crippen molar-refractivity contribution in [1.82, 2.24) is 14.9 Å². The number of Topliss-reactive ketones (excluding diaryl/α,β-unsaturated/α-hetero) is 1. The van der Waals surface area contributed by atoms with Crippen LogP contribution in [-0.2, 0) is 9.59 Å². The van der Waals surface area contributed by atoms with E-state index < -0.39 is 11.8 Å². The maximum absolute atomic E-state index is 12.7. The number of nitriles is 1. The number of ketones is 1. The number of carbonyl (C=O) groups excluding carboxylic acids is 2. The molecule has 0 aromatic carbocycles. The summed E-state index contributed by atoms with van der Waals surface area (Å²) in [7, 11) is 0. The van der Waals surface area contributed by atoms with Gasteiger partial charge in [0, 0.05) is 31.1 Å². The number of aromatic nitrogens is 2. The fourth-order valence-corrected chi connectivity index (χ4v) is 3.16. The molecule has 6 nitrogen and oxygen atoms in total. The Morgan fingerprint density at radius 3 is 2.78 bits per heavy atom. The maximum Gasteiger partial charge on any atom is 0.223 e. The van der Waals surface area contributed by atoms with Gasteiger partial charge in [-0.1, -0.05) is 0 Å². The lowest BCUT2D eigenvalue weighted by molar-refractivity contribution is -0.128. The average Bonchev–Trinajstić information content (AvgIpc) is 3.21. The number of amides is 1. The van der Waals surface area contributed by atoms with Crippen LogP contribution in [0.5, 0.6) is 0 Å². The molecule has 1 aliphatic carbocycles. The van der Waals surface area contributed by atoms with Crippen molar-refractivity contribution in [2.75, 3.05) is 13.1 Å². The highest BCUT2D eigenvalue weighted by Crippen LogP contribution is 2.33. The largest absolute Gasteiger partial charge is 0.342 e. The summed E-state index contributed by atoms with van der Waals surface area (Å²) in [4.78, 5) is 35.0. The molecule has 1 aromatic heterocycles. The average molecular weight is 312 g/mol. The lowest BCUT2D eigenvalue weighted by Crippen LogP contribution is -2.29. The first-order valence-electron chi connectivity index (χ1n) is 8.01. The van der Waals surface area contributed by atoms with Crippen molar-refractivity contribution in [2.45, 2.75) is 39.0 Å². The second-order valence-electron chi connectivity index (χ2n) is 6.59. The molecule has 0 radical (unpaired) electrons. The Morgan fingerprint density at radius 1 is 1.43 bits per heavy atom. The molecule has 1 amide bonds. The van der Waals surface area contributed by atoms with E-state index in [1.165, 1.54) is 12.8 Å². The van der Waals surface area contributed by atoms with Crippen LogP contribution in [0.3, 0.4) is 0 Å². The van der Waals surface area contributed by atoms with Gasteiger partial charge >= 0.3 is 0 Å². The van der Waals surface area contributed by atoms with E-state index >= 15 is 0 Å². The molecule has 2 atom stereocenters.